The Labute approximate surface area is 88.0 Å². The molecular formula is C9H16N2O4. The molecule has 1 aliphatic heterocycles. The van der Waals surface area contributed by atoms with Crippen LogP contribution >= 0.6 is 0 Å². The maximum Gasteiger partial charge on any atom is 0.313 e. The maximum absolute atomic E-state index is 11.3. The van der Waals surface area contributed by atoms with Gasteiger partial charge in [0, 0.05) is 0 Å². The molecule has 0 aromatic rings. The Morgan fingerprint density at radius 2 is 2.27 bits per heavy atom. The molecule has 0 saturated carbocycles. The topological polar surface area (TPSA) is 87.7 Å². The average Bonchev–Trinajstić information content (AvgIpc) is 2.50. The molecule has 0 bridgehead atoms. The first kappa shape index (κ1) is 11.9. The van der Waals surface area contributed by atoms with Gasteiger partial charge in [0.25, 0.3) is 0 Å². The van der Waals surface area contributed by atoms with Crippen molar-refractivity contribution in [3.05, 3.63) is 0 Å². The summed E-state index contributed by atoms with van der Waals surface area (Å²) in [5.74, 6) is -1.17. The number of ether oxygens (including phenoxy) is 1. The van der Waals surface area contributed by atoms with Crippen molar-refractivity contribution in [2.75, 3.05) is 26.8 Å². The number of carbonyl (C=O) groups is 2. The van der Waals surface area contributed by atoms with Crippen molar-refractivity contribution in [2.45, 2.75) is 13.0 Å². The van der Waals surface area contributed by atoms with Crippen LogP contribution in [0.15, 0.2) is 0 Å². The summed E-state index contributed by atoms with van der Waals surface area (Å²) in [6.45, 7) is 2.13. The summed E-state index contributed by atoms with van der Waals surface area (Å²) in [7, 11) is 1.65. The zero-order chi connectivity index (χ0) is 11.5. The normalized spacial score (nSPS) is 30.1. The monoisotopic (exact) mass is 216 g/mol. The molecule has 0 aromatic heterocycles. The van der Waals surface area contributed by atoms with Gasteiger partial charge in [0.2, 0.25) is 5.91 Å². The quantitative estimate of drug-likeness (QED) is 0.550. The van der Waals surface area contributed by atoms with E-state index in [0.717, 1.165) is 0 Å². The lowest BCUT2D eigenvalue weighted by Crippen LogP contribution is -2.51. The number of likely N-dealkylation sites (N-methyl/N-ethyl adjacent to an activating group) is 1. The highest BCUT2D eigenvalue weighted by molar-refractivity contribution is 5.81. The predicted molar refractivity (Wildman–Crippen MR) is 52.4 cm³/mol. The Morgan fingerprint density at radius 1 is 1.60 bits per heavy atom. The molecule has 1 aliphatic rings. The first-order valence-electron chi connectivity index (χ1n) is 4.76. The summed E-state index contributed by atoms with van der Waals surface area (Å²) in [4.78, 5) is 22.3. The van der Waals surface area contributed by atoms with E-state index in [0.29, 0.717) is 0 Å². The molecule has 1 amide bonds. The average molecular weight is 216 g/mol. The highest BCUT2D eigenvalue weighted by Gasteiger charge is 2.47. The predicted octanol–water partition coefficient (Wildman–Crippen LogP) is -1.19. The molecular weight excluding hydrogens is 200 g/mol. The Hall–Kier alpha value is -1.14. The fourth-order valence-electron chi connectivity index (χ4n) is 1.49. The van der Waals surface area contributed by atoms with Crippen LogP contribution in [0, 0.1) is 5.41 Å². The van der Waals surface area contributed by atoms with Crippen molar-refractivity contribution in [3.63, 3.8) is 0 Å². The van der Waals surface area contributed by atoms with Gasteiger partial charge in [-0.05, 0) is 14.0 Å². The van der Waals surface area contributed by atoms with Gasteiger partial charge in [-0.2, -0.15) is 0 Å². The minimum Gasteiger partial charge on any atom is -0.481 e. The Kier molecular flexibility index (Phi) is 3.65. The van der Waals surface area contributed by atoms with Crippen molar-refractivity contribution in [1.82, 2.24) is 10.6 Å². The molecule has 6 nitrogen and oxygen atoms in total. The molecule has 1 heterocycles. The van der Waals surface area contributed by atoms with Crippen LogP contribution in [0.5, 0.6) is 0 Å². The first-order chi connectivity index (χ1) is 7.00. The third-order valence-corrected chi connectivity index (χ3v) is 2.62. The van der Waals surface area contributed by atoms with E-state index in [1.54, 1.807) is 14.0 Å². The van der Waals surface area contributed by atoms with Crippen LogP contribution in [0.2, 0.25) is 0 Å². The van der Waals surface area contributed by atoms with Crippen molar-refractivity contribution >= 4 is 11.9 Å². The third kappa shape index (κ3) is 2.45. The van der Waals surface area contributed by atoms with Gasteiger partial charge in [-0.1, -0.05) is 0 Å². The van der Waals surface area contributed by atoms with E-state index in [1.165, 1.54) is 0 Å². The summed E-state index contributed by atoms with van der Waals surface area (Å²) in [6, 6.07) is -0.462. The fourth-order valence-corrected chi connectivity index (χ4v) is 1.49. The van der Waals surface area contributed by atoms with E-state index < -0.39 is 17.4 Å². The van der Waals surface area contributed by atoms with Crippen LogP contribution in [0.4, 0.5) is 0 Å². The molecule has 1 saturated heterocycles. The number of carboxylic acid groups (broad SMARTS) is 1. The minimum absolute atomic E-state index is 0.132. The molecule has 1 rings (SSSR count). The van der Waals surface area contributed by atoms with Crippen LogP contribution in [-0.2, 0) is 14.3 Å². The lowest BCUT2D eigenvalue weighted by Gasteiger charge is -2.25. The zero-order valence-electron chi connectivity index (χ0n) is 8.87. The smallest absolute Gasteiger partial charge is 0.313 e. The van der Waals surface area contributed by atoms with Gasteiger partial charge < -0.3 is 20.5 Å². The first-order valence-corrected chi connectivity index (χ1v) is 4.76. The van der Waals surface area contributed by atoms with Gasteiger partial charge in [-0.25, -0.2) is 0 Å². The third-order valence-electron chi connectivity index (χ3n) is 2.62. The second-order valence-electron chi connectivity index (χ2n) is 3.89. The number of nitrogens with one attached hydrogen (secondary N) is 2. The molecule has 3 N–H and O–H groups in total. The Bertz CT molecular complexity index is 269. The molecule has 0 aromatic carbocycles. The number of aliphatic carboxylic acids is 1. The Morgan fingerprint density at radius 3 is 2.80 bits per heavy atom. The maximum atomic E-state index is 11.3. The molecule has 1 fully saturated rings. The largest absolute Gasteiger partial charge is 0.481 e. The van der Waals surface area contributed by atoms with E-state index in [4.69, 9.17) is 9.84 Å². The van der Waals surface area contributed by atoms with Gasteiger partial charge in [0.05, 0.1) is 25.8 Å². The highest BCUT2D eigenvalue weighted by Crippen LogP contribution is 2.28. The summed E-state index contributed by atoms with van der Waals surface area (Å²) < 4.78 is 5.10. The molecule has 0 aliphatic carbocycles. The lowest BCUT2D eigenvalue weighted by atomic mass is 9.85. The van der Waals surface area contributed by atoms with Crippen molar-refractivity contribution < 1.29 is 19.4 Å². The van der Waals surface area contributed by atoms with E-state index >= 15 is 0 Å². The SMILES string of the molecule is CNCC(=O)NC1COCC1(C)C(=O)O. The lowest BCUT2D eigenvalue weighted by molar-refractivity contribution is -0.149. The summed E-state index contributed by atoms with van der Waals surface area (Å²) in [6.07, 6.45) is 0. The van der Waals surface area contributed by atoms with Gasteiger partial charge in [-0.3, -0.25) is 9.59 Å². The van der Waals surface area contributed by atoms with Crippen LogP contribution in [0.1, 0.15) is 6.92 Å². The van der Waals surface area contributed by atoms with Gasteiger partial charge in [0.15, 0.2) is 0 Å². The van der Waals surface area contributed by atoms with Crippen molar-refractivity contribution in [3.8, 4) is 0 Å². The number of carbonyl (C=O) groups excluding carboxylic acids is 1. The molecule has 2 unspecified atom stereocenters. The van der Waals surface area contributed by atoms with Gasteiger partial charge >= 0.3 is 5.97 Å². The van der Waals surface area contributed by atoms with Gasteiger partial charge in [0.1, 0.15) is 5.41 Å². The van der Waals surface area contributed by atoms with Crippen LogP contribution in [0.25, 0.3) is 0 Å². The second kappa shape index (κ2) is 4.59. The second-order valence-corrected chi connectivity index (χ2v) is 3.89. The number of carboxylic acids is 1. The molecule has 86 valence electrons. The van der Waals surface area contributed by atoms with Crippen molar-refractivity contribution in [1.29, 1.82) is 0 Å². The molecule has 0 spiro atoms. The standard InChI is InChI=1S/C9H16N2O4/c1-9(8(13)14)5-15-4-6(9)11-7(12)3-10-2/h6,10H,3-5H2,1-2H3,(H,11,12)(H,13,14). The zero-order valence-corrected chi connectivity index (χ0v) is 8.87. The fraction of sp³-hybridized carbons (Fsp3) is 0.778. The number of hydrogen-bond acceptors (Lipinski definition) is 4. The summed E-state index contributed by atoms with van der Waals surface area (Å²) in [5.41, 5.74) is -1.02. The summed E-state index contributed by atoms with van der Waals surface area (Å²) in [5, 5.41) is 14.4. The molecule has 2 atom stereocenters. The van der Waals surface area contributed by atoms with E-state index in [2.05, 4.69) is 10.6 Å². The molecule has 0 radical (unpaired) electrons. The van der Waals surface area contributed by atoms with Crippen LogP contribution < -0.4 is 10.6 Å². The molecule has 15 heavy (non-hydrogen) atoms. The van der Waals surface area contributed by atoms with Crippen LogP contribution in [-0.4, -0.2) is 49.8 Å². The number of rotatable bonds is 4. The van der Waals surface area contributed by atoms with Crippen LogP contribution in [0.3, 0.4) is 0 Å². The van der Waals surface area contributed by atoms with Gasteiger partial charge in [-0.15, -0.1) is 0 Å². The highest BCUT2D eigenvalue weighted by atomic mass is 16.5. The van der Waals surface area contributed by atoms with E-state index in [-0.39, 0.29) is 25.7 Å². The molecule has 6 heteroatoms. The number of amides is 1. The van der Waals surface area contributed by atoms with E-state index in [1.807, 2.05) is 0 Å². The minimum atomic E-state index is -1.02. The summed E-state index contributed by atoms with van der Waals surface area (Å²) >= 11 is 0. The Balaban J connectivity index is 2.61. The van der Waals surface area contributed by atoms with Crippen molar-refractivity contribution in [2.24, 2.45) is 5.41 Å². The number of hydrogen-bond donors (Lipinski definition) is 3. The van der Waals surface area contributed by atoms with E-state index in [9.17, 15) is 9.59 Å².